The molecule has 2 aromatic carbocycles. The van der Waals surface area contributed by atoms with E-state index in [1.165, 1.54) is 11.3 Å². The molecule has 4 rings (SSSR count). The fourth-order valence-electron chi connectivity index (χ4n) is 2.90. The molecule has 0 aliphatic rings. The van der Waals surface area contributed by atoms with Gasteiger partial charge in [0.05, 0.1) is 5.69 Å². The van der Waals surface area contributed by atoms with Crippen molar-refractivity contribution < 1.29 is 4.79 Å². The SMILES string of the molecule is CCN(C(=O)c1csc(-c2ccsc2)n1)c1cccc2ccccc12. The normalized spacial score (nSPS) is 10.9. The van der Waals surface area contributed by atoms with E-state index in [0.717, 1.165) is 27.0 Å². The number of fused-ring (bicyclic) bond motifs is 1. The molecule has 4 aromatic rings. The number of nitrogens with zero attached hydrogens (tertiary/aromatic N) is 2. The maximum Gasteiger partial charge on any atom is 0.277 e. The highest BCUT2D eigenvalue weighted by molar-refractivity contribution is 7.14. The van der Waals surface area contributed by atoms with E-state index in [1.807, 2.05) is 48.0 Å². The first kappa shape index (κ1) is 16.0. The quantitative estimate of drug-likeness (QED) is 0.466. The third-order valence-corrected chi connectivity index (χ3v) is 5.68. The largest absolute Gasteiger partial charge is 0.307 e. The van der Waals surface area contributed by atoms with Gasteiger partial charge in [0.1, 0.15) is 10.7 Å². The predicted molar refractivity (Wildman–Crippen MR) is 107 cm³/mol. The summed E-state index contributed by atoms with van der Waals surface area (Å²) >= 11 is 3.14. The Morgan fingerprint density at radius 1 is 1.08 bits per heavy atom. The van der Waals surface area contributed by atoms with Crippen molar-refractivity contribution in [3.63, 3.8) is 0 Å². The molecule has 0 aliphatic carbocycles. The number of carbonyl (C=O) groups is 1. The van der Waals surface area contributed by atoms with Crippen LogP contribution in [0, 0.1) is 0 Å². The fraction of sp³-hybridized carbons (Fsp3) is 0.100. The Labute approximate surface area is 154 Å². The van der Waals surface area contributed by atoms with Crippen molar-refractivity contribution in [3.8, 4) is 10.6 Å². The molecule has 0 saturated heterocycles. The zero-order chi connectivity index (χ0) is 17.2. The zero-order valence-electron chi connectivity index (χ0n) is 13.7. The van der Waals surface area contributed by atoms with Gasteiger partial charge in [0.25, 0.3) is 5.91 Å². The topological polar surface area (TPSA) is 33.2 Å². The van der Waals surface area contributed by atoms with E-state index in [1.54, 1.807) is 16.2 Å². The molecule has 2 heterocycles. The summed E-state index contributed by atoms with van der Waals surface area (Å²) in [7, 11) is 0. The van der Waals surface area contributed by atoms with E-state index >= 15 is 0 Å². The number of hydrogen-bond acceptors (Lipinski definition) is 4. The summed E-state index contributed by atoms with van der Waals surface area (Å²) in [5.74, 6) is -0.0587. The highest BCUT2D eigenvalue weighted by Gasteiger charge is 2.21. The highest BCUT2D eigenvalue weighted by atomic mass is 32.1. The second kappa shape index (κ2) is 6.78. The van der Waals surface area contributed by atoms with Gasteiger partial charge in [-0.2, -0.15) is 11.3 Å². The van der Waals surface area contributed by atoms with Crippen LogP contribution in [0.3, 0.4) is 0 Å². The Bertz CT molecular complexity index is 1020. The lowest BCUT2D eigenvalue weighted by atomic mass is 10.1. The minimum Gasteiger partial charge on any atom is -0.307 e. The minimum atomic E-state index is -0.0587. The van der Waals surface area contributed by atoms with Crippen LogP contribution in [0.25, 0.3) is 21.3 Å². The number of amides is 1. The summed E-state index contributed by atoms with van der Waals surface area (Å²) in [4.78, 5) is 19.4. The van der Waals surface area contributed by atoms with E-state index in [-0.39, 0.29) is 5.91 Å². The Kier molecular flexibility index (Phi) is 4.34. The first-order valence-electron chi connectivity index (χ1n) is 8.05. The molecule has 0 fully saturated rings. The van der Waals surface area contributed by atoms with Crippen LogP contribution in [0.4, 0.5) is 5.69 Å². The molecule has 0 bridgehead atoms. The molecule has 124 valence electrons. The number of hydrogen-bond donors (Lipinski definition) is 0. The predicted octanol–water partition coefficient (Wildman–Crippen LogP) is 5.69. The lowest BCUT2D eigenvalue weighted by Crippen LogP contribution is -2.31. The summed E-state index contributed by atoms with van der Waals surface area (Å²) in [6.07, 6.45) is 0. The third-order valence-electron chi connectivity index (χ3n) is 4.11. The number of aromatic nitrogens is 1. The van der Waals surface area contributed by atoms with Gasteiger partial charge in [-0.25, -0.2) is 4.98 Å². The van der Waals surface area contributed by atoms with Crippen LogP contribution in [0.15, 0.2) is 64.7 Å². The molecule has 0 aliphatic heterocycles. The second-order valence-corrected chi connectivity index (χ2v) is 7.24. The molecule has 0 spiro atoms. The van der Waals surface area contributed by atoms with Crippen molar-refractivity contribution >= 4 is 45.0 Å². The van der Waals surface area contributed by atoms with Crippen molar-refractivity contribution in [2.75, 3.05) is 11.4 Å². The van der Waals surface area contributed by atoms with Gasteiger partial charge < -0.3 is 4.90 Å². The van der Waals surface area contributed by atoms with Crippen molar-refractivity contribution in [1.29, 1.82) is 0 Å². The van der Waals surface area contributed by atoms with Crippen LogP contribution >= 0.6 is 22.7 Å². The lowest BCUT2D eigenvalue weighted by Gasteiger charge is -2.22. The maximum absolute atomic E-state index is 13.1. The molecular formula is C20H16N2OS2. The van der Waals surface area contributed by atoms with Crippen molar-refractivity contribution in [2.45, 2.75) is 6.92 Å². The van der Waals surface area contributed by atoms with Crippen LogP contribution in [0.1, 0.15) is 17.4 Å². The van der Waals surface area contributed by atoms with E-state index in [4.69, 9.17) is 0 Å². The summed E-state index contributed by atoms with van der Waals surface area (Å²) in [6.45, 7) is 2.59. The van der Waals surface area contributed by atoms with Crippen molar-refractivity contribution in [2.24, 2.45) is 0 Å². The molecule has 3 nitrogen and oxygen atoms in total. The van der Waals surface area contributed by atoms with E-state index < -0.39 is 0 Å². The van der Waals surface area contributed by atoms with Gasteiger partial charge in [0.15, 0.2) is 0 Å². The summed E-state index contributed by atoms with van der Waals surface area (Å²) < 4.78 is 0. The molecule has 0 radical (unpaired) electrons. The lowest BCUT2D eigenvalue weighted by molar-refractivity contribution is 0.0984. The second-order valence-electron chi connectivity index (χ2n) is 5.60. The van der Waals surface area contributed by atoms with Gasteiger partial charge in [-0.05, 0) is 29.8 Å². The van der Waals surface area contributed by atoms with Crippen LogP contribution in [0.5, 0.6) is 0 Å². The average molecular weight is 364 g/mol. The Morgan fingerprint density at radius 3 is 2.72 bits per heavy atom. The number of benzene rings is 2. The van der Waals surface area contributed by atoms with Crippen molar-refractivity contribution in [3.05, 3.63) is 70.4 Å². The molecule has 0 atom stereocenters. The standard InChI is InChI=1S/C20H16N2OS2/c1-2-22(18-9-5-7-14-6-3-4-8-16(14)18)20(23)17-13-25-19(21-17)15-10-11-24-12-15/h3-13H,2H2,1H3. The van der Waals surface area contributed by atoms with Gasteiger partial charge in [-0.3, -0.25) is 4.79 Å². The zero-order valence-corrected chi connectivity index (χ0v) is 15.3. The Hall–Kier alpha value is -2.50. The van der Waals surface area contributed by atoms with Crippen molar-refractivity contribution in [1.82, 2.24) is 4.98 Å². The summed E-state index contributed by atoms with van der Waals surface area (Å²) in [5, 5.41) is 9.01. The van der Waals surface area contributed by atoms with Crippen LogP contribution in [0.2, 0.25) is 0 Å². The fourth-order valence-corrected chi connectivity index (χ4v) is 4.40. The number of thiophene rings is 1. The smallest absolute Gasteiger partial charge is 0.277 e. The minimum absolute atomic E-state index is 0.0587. The first-order chi connectivity index (χ1) is 12.3. The first-order valence-corrected chi connectivity index (χ1v) is 9.88. The summed E-state index contributed by atoms with van der Waals surface area (Å²) in [6, 6.07) is 16.2. The molecule has 0 saturated carbocycles. The Balaban J connectivity index is 1.72. The van der Waals surface area contributed by atoms with E-state index in [0.29, 0.717) is 12.2 Å². The van der Waals surface area contributed by atoms with Gasteiger partial charge in [-0.1, -0.05) is 36.4 Å². The van der Waals surface area contributed by atoms with Crippen LogP contribution < -0.4 is 4.90 Å². The van der Waals surface area contributed by atoms with Gasteiger partial charge in [-0.15, -0.1) is 11.3 Å². The van der Waals surface area contributed by atoms with Crippen LogP contribution in [-0.2, 0) is 0 Å². The molecule has 0 N–H and O–H groups in total. The number of rotatable bonds is 4. The molecule has 1 amide bonds. The molecular weight excluding hydrogens is 348 g/mol. The van der Waals surface area contributed by atoms with E-state index in [2.05, 4.69) is 28.6 Å². The summed E-state index contributed by atoms with van der Waals surface area (Å²) in [5.41, 5.74) is 2.50. The number of carbonyl (C=O) groups excluding carboxylic acids is 1. The molecule has 2 aromatic heterocycles. The highest BCUT2D eigenvalue weighted by Crippen LogP contribution is 2.30. The molecule has 25 heavy (non-hydrogen) atoms. The maximum atomic E-state index is 13.1. The molecule has 0 unspecified atom stereocenters. The monoisotopic (exact) mass is 364 g/mol. The number of thiazole rings is 1. The molecule has 5 heteroatoms. The van der Waals surface area contributed by atoms with Gasteiger partial charge in [0, 0.05) is 28.3 Å². The third kappa shape index (κ3) is 2.97. The van der Waals surface area contributed by atoms with Crippen LogP contribution in [-0.4, -0.2) is 17.4 Å². The average Bonchev–Trinajstić information content (AvgIpc) is 3.34. The Morgan fingerprint density at radius 2 is 1.92 bits per heavy atom. The van der Waals surface area contributed by atoms with E-state index in [9.17, 15) is 4.79 Å². The van der Waals surface area contributed by atoms with Gasteiger partial charge >= 0.3 is 0 Å². The number of anilines is 1. The van der Waals surface area contributed by atoms with Gasteiger partial charge in [0.2, 0.25) is 0 Å².